The zero-order valence-corrected chi connectivity index (χ0v) is 11.2. The molecule has 4 unspecified atom stereocenters. The molecular weight excluding hydrogens is 244 g/mol. The van der Waals surface area contributed by atoms with Crippen molar-refractivity contribution in [2.75, 3.05) is 13.7 Å². The zero-order valence-electron chi connectivity index (χ0n) is 10.4. The lowest BCUT2D eigenvalue weighted by Crippen LogP contribution is -2.50. The Morgan fingerprint density at radius 1 is 1.53 bits per heavy atom. The largest absolute Gasteiger partial charge is 0.289 e. The SMILES string of the molecule is COS(=O)N1CCCC(C)C(C)C1C(=O)NO. The zero-order chi connectivity index (χ0) is 13.0. The quantitative estimate of drug-likeness (QED) is 0.573. The third-order valence-electron chi connectivity index (χ3n) is 3.46. The molecule has 1 amide bonds. The molecule has 0 saturated carbocycles. The van der Waals surface area contributed by atoms with E-state index in [0.717, 1.165) is 12.8 Å². The molecule has 6 nitrogen and oxygen atoms in total. The summed E-state index contributed by atoms with van der Waals surface area (Å²) in [4.78, 5) is 11.7. The molecule has 100 valence electrons. The predicted octanol–water partition coefficient (Wildman–Crippen LogP) is 0.453. The molecule has 1 heterocycles. The maximum absolute atomic E-state index is 11.8. The number of nitrogens with zero attached hydrogens (tertiary/aromatic N) is 1. The minimum Gasteiger partial charge on any atom is -0.289 e. The van der Waals surface area contributed by atoms with E-state index in [0.29, 0.717) is 12.5 Å². The fraction of sp³-hybridized carbons (Fsp3) is 0.900. The number of carbonyl (C=O) groups excluding carboxylic acids is 1. The maximum atomic E-state index is 11.8. The Morgan fingerprint density at radius 3 is 2.71 bits per heavy atom. The lowest BCUT2D eigenvalue weighted by molar-refractivity contribution is -0.135. The molecule has 0 aromatic heterocycles. The average molecular weight is 264 g/mol. The first kappa shape index (κ1) is 14.6. The molecule has 1 fully saturated rings. The van der Waals surface area contributed by atoms with E-state index in [9.17, 15) is 9.00 Å². The van der Waals surface area contributed by atoms with Gasteiger partial charge in [-0.05, 0) is 24.7 Å². The summed E-state index contributed by atoms with van der Waals surface area (Å²) in [6, 6.07) is -0.627. The van der Waals surface area contributed by atoms with Gasteiger partial charge in [-0.1, -0.05) is 13.8 Å². The number of rotatable bonds is 3. The van der Waals surface area contributed by atoms with Crippen LogP contribution in [0, 0.1) is 11.8 Å². The number of hydrogen-bond acceptors (Lipinski definition) is 4. The Morgan fingerprint density at radius 2 is 2.18 bits per heavy atom. The summed E-state index contributed by atoms with van der Waals surface area (Å²) in [5, 5.41) is 8.79. The molecular formula is C10H20N2O4S. The molecule has 1 aliphatic heterocycles. The van der Waals surface area contributed by atoms with Crippen LogP contribution in [0.5, 0.6) is 0 Å². The van der Waals surface area contributed by atoms with Crippen LogP contribution in [0.3, 0.4) is 0 Å². The van der Waals surface area contributed by atoms with Gasteiger partial charge in [-0.25, -0.2) is 9.69 Å². The van der Waals surface area contributed by atoms with Gasteiger partial charge in [-0.3, -0.25) is 14.2 Å². The van der Waals surface area contributed by atoms with Crippen molar-refractivity contribution in [3.8, 4) is 0 Å². The highest BCUT2D eigenvalue weighted by Crippen LogP contribution is 2.29. The van der Waals surface area contributed by atoms with Crippen molar-refractivity contribution in [3.05, 3.63) is 0 Å². The van der Waals surface area contributed by atoms with E-state index in [1.807, 2.05) is 6.92 Å². The molecule has 1 rings (SSSR count). The standard InChI is InChI=1S/C10H20N2O4S/c1-7-5-4-6-12(17(15)16-3)9(8(7)2)10(13)11-14/h7-9,14H,4-6H2,1-3H3,(H,11,13). The van der Waals surface area contributed by atoms with E-state index in [2.05, 4.69) is 6.92 Å². The van der Waals surface area contributed by atoms with Gasteiger partial charge >= 0.3 is 0 Å². The third kappa shape index (κ3) is 3.25. The molecule has 4 atom stereocenters. The van der Waals surface area contributed by atoms with Gasteiger partial charge in [0.25, 0.3) is 5.91 Å². The molecule has 0 spiro atoms. The van der Waals surface area contributed by atoms with Crippen molar-refractivity contribution in [2.45, 2.75) is 32.7 Å². The fourth-order valence-electron chi connectivity index (χ4n) is 2.24. The lowest BCUT2D eigenvalue weighted by atomic mass is 9.87. The van der Waals surface area contributed by atoms with Gasteiger partial charge in [0, 0.05) is 6.54 Å². The lowest BCUT2D eigenvalue weighted by Gasteiger charge is -2.30. The van der Waals surface area contributed by atoms with Crippen LogP contribution in [0.4, 0.5) is 0 Å². The first-order chi connectivity index (χ1) is 8.02. The van der Waals surface area contributed by atoms with Gasteiger partial charge in [-0.2, -0.15) is 4.31 Å². The van der Waals surface area contributed by atoms with Gasteiger partial charge in [-0.15, -0.1) is 0 Å². The van der Waals surface area contributed by atoms with E-state index in [-0.39, 0.29) is 5.92 Å². The van der Waals surface area contributed by atoms with Gasteiger partial charge in [0.2, 0.25) is 11.3 Å². The third-order valence-corrected chi connectivity index (χ3v) is 4.53. The molecule has 17 heavy (non-hydrogen) atoms. The van der Waals surface area contributed by atoms with Crippen molar-refractivity contribution in [1.29, 1.82) is 0 Å². The number of nitrogens with one attached hydrogen (secondary N) is 1. The molecule has 1 aliphatic rings. The van der Waals surface area contributed by atoms with Crippen molar-refractivity contribution in [2.24, 2.45) is 11.8 Å². The van der Waals surface area contributed by atoms with E-state index < -0.39 is 23.2 Å². The predicted molar refractivity (Wildman–Crippen MR) is 63.1 cm³/mol. The van der Waals surface area contributed by atoms with Gasteiger partial charge in [0.05, 0.1) is 7.11 Å². The van der Waals surface area contributed by atoms with E-state index >= 15 is 0 Å². The second-order valence-corrected chi connectivity index (χ2v) is 5.66. The molecule has 0 aromatic rings. The molecule has 0 bridgehead atoms. The summed E-state index contributed by atoms with van der Waals surface area (Å²) in [5.41, 5.74) is 1.65. The summed E-state index contributed by atoms with van der Waals surface area (Å²) >= 11 is -1.65. The molecule has 0 aliphatic carbocycles. The second kappa shape index (κ2) is 6.44. The number of hydrogen-bond donors (Lipinski definition) is 2. The Balaban J connectivity index is 2.98. The summed E-state index contributed by atoms with van der Waals surface area (Å²) in [6.07, 6.45) is 1.82. The van der Waals surface area contributed by atoms with Crippen LogP contribution in [-0.4, -0.2) is 39.3 Å². The summed E-state index contributed by atoms with van der Waals surface area (Å²) in [7, 11) is 1.34. The van der Waals surface area contributed by atoms with Crippen LogP contribution in [0.1, 0.15) is 26.7 Å². The maximum Gasteiger partial charge on any atom is 0.262 e. The Bertz CT molecular complexity index is 300. The highest BCUT2D eigenvalue weighted by molar-refractivity contribution is 7.77. The number of amides is 1. The summed E-state index contributed by atoms with van der Waals surface area (Å²) in [5.74, 6) is -0.198. The summed E-state index contributed by atoms with van der Waals surface area (Å²) < 4.78 is 18.0. The second-order valence-electron chi connectivity index (χ2n) is 4.42. The summed E-state index contributed by atoms with van der Waals surface area (Å²) in [6.45, 7) is 4.50. The Labute approximate surface area is 104 Å². The smallest absolute Gasteiger partial charge is 0.262 e. The van der Waals surface area contributed by atoms with Crippen molar-refractivity contribution in [3.63, 3.8) is 0 Å². The molecule has 0 aromatic carbocycles. The minimum atomic E-state index is -1.65. The first-order valence-electron chi connectivity index (χ1n) is 5.69. The topological polar surface area (TPSA) is 78.9 Å². The van der Waals surface area contributed by atoms with E-state index in [4.69, 9.17) is 9.39 Å². The van der Waals surface area contributed by atoms with E-state index in [1.54, 1.807) is 5.48 Å². The van der Waals surface area contributed by atoms with Crippen molar-refractivity contribution in [1.82, 2.24) is 9.79 Å². The number of carbonyl (C=O) groups is 1. The molecule has 0 radical (unpaired) electrons. The van der Waals surface area contributed by atoms with Crippen LogP contribution in [0.25, 0.3) is 0 Å². The Hall–Kier alpha value is -0.500. The molecule has 1 saturated heterocycles. The first-order valence-corrected chi connectivity index (χ1v) is 6.73. The highest BCUT2D eigenvalue weighted by atomic mass is 32.2. The monoisotopic (exact) mass is 264 g/mol. The van der Waals surface area contributed by atoms with Gasteiger partial charge in [0.15, 0.2) is 0 Å². The van der Waals surface area contributed by atoms with Crippen LogP contribution in [0.15, 0.2) is 0 Å². The molecule has 7 heteroatoms. The average Bonchev–Trinajstić information content (AvgIpc) is 2.48. The van der Waals surface area contributed by atoms with Crippen molar-refractivity contribution >= 4 is 17.2 Å². The van der Waals surface area contributed by atoms with Crippen LogP contribution in [-0.2, 0) is 20.2 Å². The molecule has 2 N–H and O–H groups in total. The van der Waals surface area contributed by atoms with E-state index in [1.165, 1.54) is 11.4 Å². The number of hydroxylamine groups is 1. The highest BCUT2D eigenvalue weighted by Gasteiger charge is 2.39. The van der Waals surface area contributed by atoms with Crippen LogP contribution < -0.4 is 5.48 Å². The van der Waals surface area contributed by atoms with Gasteiger partial charge < -0.3 is 0 Å². The fourth-order valence-corrected chi connectivity index (χ4v) is 3.19. The van der Waals surface area contributed by atoms with Crippen LogP contribution in [0.2, 0.25) is 0 Å². The van der Waals surface area contributed by atoms with Crippen molar-refractivity contribution < 1.29 is 18.4 Å². The normalized spacial score (nSPS) is 32.8. The van der Waals surface area contributed by atoms with Gasteiger partial charge in [0.1, 0.15) is 6.04 Å². The van der Waals surface area contributed by atoms with Crippen LogP contribution >= 0.6 is 0 Å². The Kier molecular flexibility index (Phi) is 5.51. The minimum absolute atomic E-state index is 0.00347.